The van der Waals surface area contributed by atoms with Crippen molar-refractivity contribution in [2.24, 2.45) is 0 Å². The number of benzene rings is 1. The summed E-state index contributed by atoms with van der Waals surface area (Å²) in [5.41, 5.74) is 2.35. The van der Waals surface area contributed by atoms with Gasteiger partial charge in [-0.2, -0.15) is 0 Å². The fourth-order valence-electron chi connectivity index (χ4n) is 1.92. The van der Waals surface area contributed by atoms with Crippen LogP contribution in [0, 0.1) is 0 Å². The first kappa shape index (κ1) is 13.6. The van der Waals surface area contributed by atoms with Crippen LogP contribution in [0.15, 0.2) is 48.5 Å². The van der Waals surface area contributed by atoms with Gasteiger partial charge in [-0.3, -0.25) is 0 Å². The smallest absolute Gasteiger partial charge is 0.213 e. The van der Waals surface area contributed by atoms with E-state index in [-0.39, 0.29) is 0 Å². The summed E-state index contributed by atoms with van der Waals surface area (Å²) in [6.07, 6.45) is 2.04. The molecule has 0 unspecified atom stereocenters. The van der Waals surface area contributed by atoms with Crippen LogP contribution in [0.2, 0.25) is 0 Å². The van der Waals surface area contributed by atoms with Crippen molar-refractivity contribution in [3.63, 3.8) is 0 Å². The van der Waals surface area contributed by atoms with E-state index in [4.69, 9.17) is 4.74 Å². The number of rotatable bonds is 7. The van der Waals surface area contributed by atoms with Crippen LogP contribution in [0.1, 0.15) is 17.7 Å². The average Bonchev–Trinajstić information content (AvgIpc) is 2.46. The maximum absolute atomic E-state index is 5.68. The molecule has 2 aromatic rings. The van der Waals surface area contributed by atoms with Crippen molar-refractivity contribution in [2.75, 3.05) is 13.7 Å². The van der Waals surface area contributed by atoms with Gasteiger partial charge in [-0.05, 0) is 31.5 Å². The molecule has 0 radical (unpaired) electrons. The third kappa shape index (κ3) is 4.72. The van der Waals surface area contributed by atoms with Gasteiger partial charge in [0.1, 0.15) is 0 Å². The minimum atomic E-state index is 0.699. The number of hydrogen-bond acceptors (Lipinski definition) is 3. The van der Waals surface area contributed by atoms with E-state index < -0.39 is 0 Å². The van der Waals surface area contributed by atoms with Crippen LogP contribution in [0.3, 0.4) is 0 Å². The highest BCUT2D eigenvalue weighted by Crippen LogP contribution is 2.09. The Morgan fingerprint density at radius 1 is 1.05 bits per heavy atom. The molecule has 19 heavy (non-hydrogen) atoms. The van der Waals surface area contributed by atoms with Gasteiger partial charge < -0.3 is 10.1 Å². The molecule has 0 aliphatic carbocycles. The Morgan fingerprint density at radius 3 is 2.68 bits per heavy atom. The quantitative estimate of drug-likeness (QED) is 0.773. The lowest BCUT2D eigenvalue weighted by atomic mass is 10.1. The monoisotopic (exact) mass is 256 g/mol. The van der Waals surface area contributed by atoms with E-state index in [0.717, 1.165) is 25.1 Å². The molecule has 0 amide bonds. The highest BCUT2D eigenvalue weighted by molar-refractivity contribution is 5.16. The van der Waals surface area contributed by atoms with Crippen molar-refractivity contribution < 1.29 is 4.74 Å². The highest BCUT2D eigenvalue weighted by Gasteiger charge is 1.98. The molecule has 3 heteroatoms. The summed E-state index contributed by atoms with van der Waals surface area (Å²) in [4.78, 5) is 4.42. The minimum absolute atomic E-state index is 0.699. The number of aryl methyl sites for hydroxylation is 1. The highest BCUT2D eigenvalue weighted by atomic mass is 16.5. The maximum Gasteiger partial charge on any atom is 0.213 e. The standard InChI is InChI=1S/C16H20N2O/c1-17-13-15-10-5-11-16(18-15)19-12-6-9-14-7-3-2-4-8-14/h2-5,7-8,10-11,17H,6,9,12-13H2,1H3. The van der Waals surface area contributed by atoms with E-state index in [1.807, 2.05) is 31.3 Å². The lowest BCUT2D eigenvalue weighted by Gasteiger charge is -2.07. The van der Waals surface area contributed by atoms with E-state index in [0.29, 0.717) is 12.5 Å². The second kappa shape index (κ2) is 7.54. The number of nitrogens with zero attached hydrogens (tertiary/aromatic N) is 1. The molecule has 0 atom stereocenters. The molecule has 3 nitrogen and oxygen atoms in total. The third-order valence-electron chi connectivity index (χ3n) is 2.84. The van der Waals surface area contributed by atoms with Crippen LogP contribution in [0.25, 0.3) is 0 Å². The molecule has 2 rings (SSSR count). The largest absolute Gasteiger partial charge is 0.478 e. The van der Waals surface area contributed by atoms with Gasteiger partial charge >= 0.3 is 0 Å². The molecular formula is C16H20N2O. The summed E-state index contributed by atoms with van der Waals surface area (Å²) >= 11 is 0. The first-order valence-corrected chi connectivity index (χ1v) is 6.66. The van der Waals surface area contributed by atoms with E-state index >= 15 is 0 Å². The van der Waals surface area contributed by atoms with E-state index in [2.05, 4.69) is 34.6 Å². The lowest BCUT2D eigenvalue weighted by molar-refractivity contribution is 0.298. The van der Waals surface area contributed by atoms with Gasteiger partial charge in [-0.15, -0.1) is 0 Å². The van der Waals surface area contributed by atoms with Crippen LogP contribution in [0.5, 0.6) is 5.88 Å². The van der Waals surface area contributed by atoms with Gasteiger partial charge in [0.25, 0.3) is 0 Å². The molecule has 0 saturated heterocycles. The van der Waals surface area contributed by atoms with Crippen LogP contribution in [-0.2, 0) is 13.0 Å². The van der Waals surface area contributed by atoms with Gasteiger partial charge in [-0.25, -0.2) is 4.98 Å². The SMILES string of the molecule is CNCc1cccc(OCCCc2ccccc2)n1. The molecule has 1 N–H and O–H groups in total. The third-order valence-corrected chi connectivity index (χ3v) is 2.84. The van der Waals surface area contributed by atoms with Crippen molar-refractivity contribution in [3.8, 4) is 5.88 Å². The Kier molecular flexibility index (Phi) is 5.38. The van der Waals surface area contributed by atoms with E-state index in [9.17, 15) is 0 Å². The van der Waals surface area contributed by atoms with Crippen LogP contribution in [-0.4, -0.2) is 18.6 Å². The molecule has 0 aliphatic heterocycles. The molecule has 0 bridgehead atoms. The summed E-state index contributed by atoms with van der Waals surface area (Å²) in [7, 11) is 1.91. The number of pyridine rings is 1. The molecule has 0 aliphatic rings. The first-order chi connectivity index (χ1) is 9.38. The van der Waals surface area contributed by atoms with Crippen LogP contribution < -0.4 is 10.1 Å². The van der Waals surface area contributed by atoms with Crippen LogP contribution in [0.4, 0.5) is 0 Å². The zero-order valence-corrected chi connectivity index (χ0v) is 11.3. The summed E-state index contributed by atoms with van der Waals surface area (Å²) in [6, 6.07) is 16.3. The Bertz CT molecular complexity index is 485. The zero-order chi connectivity index (χ0) is 13.3. The molecule has 100 valence electrons. The number of nitrogens with one attached hydrogen (secondary N) is 1. The average molecular weight is 256 g/mol. The molecule has 1 heterocycles. The van der Waals surface area contributed by atoms with Gasteiger partial charge in [0, 0.05) is 12.6 Å². The summed E-state index contributed by atoms with van der Waals surface area (Å²) in [6.45, 7) is 1.46. The topological polar surface area (TPSA) is 34.1 Å². The van der Waals surface area contributed by atoms with Crippen molar-refractivity contribution in [2.45, 2.75) is 19.4 Å². The fourth-order valence-corrected chi connectivity index (χ4v) is 1.92. The lowest BCUT2D eigenvalue weighted by Crippen LogP contribution is -2.08. The molecule has 1 aromatic heterocycles. The molecule has 0 fully saturated rings. The molecule has 0 saturated carbocycles. The number of aromatic nitrogens is 1. The van der Waals surface area contributed by atoms with Crippen molar-refractivity contribution >= 4 is 0 Å². The van der Waals surface area contributed by atoms with Gasteiger partial charge in [0.05, 0.1) is 12.3 Å². The predicted octanol–water partition coefficient (Wildman–Crippen LogP) is 2.81. The van der Waals surface area contributed by atoms with Gasteiger partial charge in [0.2, 0.25) is 5.88 Å². The molecule has 1 aromatic carbocycles. The summed E-state index contributed by atoms with van der Waals surface area (Å²) in [5, 5.41) is 3.08. The number of ether oxygens (including phenoxy) is 1. The number of hydrogen-bond donors (Lipinski definition) is 1. The Balaban J connectivity index is 1.75. The summed E-state index contributed by atoms with van der Waals surface area (Å²) < 4.78 is 5.68. The second-order valence-electron chi connectivity index (χ2n) is 4.44. The molecular weight excluding hydrogens is 236 g/mol. The Morgan fingerprint density at radius 2 is 1.89 bits per heavy atom. The predicted molar refractivity (Wildman–Crippen MR) is 77.3 cm³/mol. The zero-order valence-electron chi connectivity index (χ0n) is 11.3. The Labute approximate surface area is 114 Å². The summed E-state index contributed by atoms with van der Waals surface area (Å²) in [5.74, 6) is 0.709. The van der Waals surface area contributed by atoms with Crippen molar-refractivity contribution in [3.05, 3.63) is 59.8 Å². The van der Waals surface area contributed by atoms with Gasteiger partial charge in [-0.1, -0.05) is 36.4 Å². The minimum Gasteiger partial charge on any atom is -0.478 e. The second-order valence-corrected chi connectivity index (χ2v) is 4.44. The van der Waals surface area contributed by atoms with E-state index in [1.54, 1.807) is 0 Å². The van der Waals surface area contributed by atoms with E-state index in [1.165, 1.54) is 5.56 Å². The van der Waals surface area contributed by atoms with Crippen molar-refractivity contribution in [1.29, 1.82) is 0 Å². The maximum atomic E-state index is 5.68. The Hall–Kier alpha value is -1.87. The normalized spacial score (nSPS) is 10.4. The molecule has 0 spiro atoms. The fraction of sp³-hybridized carbons (Fsp3) is 0.312. The van der Waals surface area contributed by atoms with Gasteiger partial charge in [0.15, 0.2) is 0 Å². The van der Waals surface area contributed by atoms with Crippen molar-refractivity contribution in [1.82, 2.24) is 10.3 Å². The first-order valence-electron chi connectivity index (χ1n) is 6.66. The van der Waals surface area contributed by atoms with Crippen LogP contribution >= 0.6 is 0 Å².